The van der Waals surface area contributed by atoms with Crippen LogP contribution >= 0.6 is 0 Å². The van der Waals surface area contributed by atoms with Crippen LogP contribution in [0.1, 0.15) is 26.2 Å². The Balaban J connectivity index is 1.98. The first-order valence-electron chi connectivity index (χ1n) is 6.71. The van der Waals surface area contributed by atoms with Crippen molar-refractivity contribution in [1.82, 2.24) is 4.57 Å². The molecule has 1 aromatic carbocycles. The first-order valence-corrected chi connectivity index (χ1v) is 6.71. The average molecular weight is 260 g/mol. The van der Waals surface area contributed by atoms with Gasteiger partial charge >= 0.3 is 5.76 Å². The Kier molecular flexibility index (Phi) is 4.44. The van der Waals surface area contributed by atoms with Gasteiger partial charge in [-0.15, -0.1) is 0 Å². The number of oxazole rings is 1. The van der Waals surface area contributed by atoms with E-state index in [0.717, 1.165) is 30.6 Å². The van der Waals surface area contributed by atoms with Crippen molar-refractivity contribution in [1.29, 1.82) is 0 Å². The Morgan fingerprint density at radius 2 is 2.11 bits per heavy atom. The second-order valence-corrected chi connectivity index (χ2v) is 4.59. The summed E-state index contributed by atoms with van der Waals surface area (Å²) in [5.74, 6) is -0.324. The van der Waals surface area contributed by atoms with E-state index in [2.05, 4.69) is 24.4 Å². The number of rotatable bonds is 6. The summed E-state index contributed by atoms with van der Waals surface area (Å²) in [5.41, 5.74) is 2.45. The van der Waals surface area contributed by atoms with Gasteiger partial charge < -0.3 is 9.73 Å². The van der Waals surface area contributed by atoms with Gasteiger partial charge in [-0.2, -0.15) is 0 Å². The molecule has 4 nitrogen and oxygen atoms in total. The average Bonchev–Trinajstić information content (AvgIpc) is 2.70. The summed E-state index contributed by atoms with van der Waals surface area (Å²) < 4.78 is 6.61. The monoisotopic (exact) mass is 260 g/mol. The molecule has 19 heavy (non-hydrogen) atoms. The second kappa shape index (κ2) is 6.27. The van der Waals surface area contributed by atoms with Crippen LogP contribution in [-0.2, 0) is 7.05 Å². The van der Waals surface area contributed by atoms with Gasteiger partial charge in [0, 0.05) is 19.3 Å². The standard InChI is InChI=1S/C15H20N2O2/c1-3-4-5-6-7-10-16-12-8-9-14-13(11-12)17(2)15(18)19-14/h5-6,8-9,11,16H,3-4,7,10H2,1-2H3. The highest BCUT2D eigenvalue weighted by atomic mass is 16.4. The van der Waals surface area contributed by atoms with E-state index in [1.165, 1.54) is 11.0 Å². The summed E-state index contributed by atoms with van der Waals surface area (Å²) in [7, 11) is 1.71. The van der Waals surface area contributed by atoms with Crippen molar-refractivity contribution in [2.24, 2.45) is 7.05 Å². The van der Waals surface area contributed by atoms with Crippen molar-refractivity contribution in [3.63, 3.8) is 0 Å². The maximum Gasteiger partial charge on any atom is 0.419 e. The fraction of sp³-hybridized carbons (Fsp3) is 0.400. The predicted molar refractivity (Wildman–Crippen MR) is 78.6 cm³/mol. The molecule has 0 saturated carbocycles. The lowest BCUT2D eigenvalue weighted by Gasteiger charge is -2.04. The van der Waals surface area contributed by atoms with Crippen LogP contribution in [0.2, 0.25) is 0 Å². The SMILES string of the molecule is CCCC=CCCNc1ccc2oc(=O)n(C)c2c1. The second-order valence-electron chi connectivity index (χ2n) is 4.59. The Bertz CT molecular complexity index is 623. The number of anilines is 1. The van der Waals surface area contributed by atoms with Crippen molar-refractivity contribution >= 4 is 16.8 Å². The molecule has 0 unspecified atom stereocenters. The Morgan fingerprint density at radius 1 is 1.32 bits per heavy atom. The molecule has 0 bridgehead atoms. The summed E-state index contributed by atoms with van der Waals surface area (Å²) in [6, 6.07) is 5.70. The molecule has 0 fully saturated rings. The van der Waals surface area contributed by atoms with Gasteiger partial charge in [-0.3, -0.25) is 4.57 Å². The molecule has 0 aliphatic carbocycles. The first-order chi connectivity index (χ1) is 9.22. The molecule has 0 atom stereocenters. The smallest absolute Gasteiger partial charge is 0.408 e. The van der Waals surface area contributed by atoms with Gasteiger partial charge in [0.05, 0.1) is 5.52 Å². The van der Waals surface area contributed by atoms with Crippen molar-refractivity contribution in [3.8, 4) is 0 Å². The maximum atomic E-state index is 11.4. The summed E-state index contributed by atoms with van der Waals surface area (Å²) in [4.78, 5) is 11.4. The topological polar surface area (TPSA) is 47.2 Å². The number of hydrogen-bond acceptors (Lipinski definition) is 3. The molecule has 0 radical (unpaired) electrons. The molecule has 0 amide bonds. The number of aromatic nitrogens is 1. The van der Waals surface area contributed by atoms with Crippen LogP contribution in [-0.4, -0.2) is 11.1 Å². The minimum atomic E-state index is -0.324. The van der Waals surface area contributed by atoms with Crippen LogP contribution < -0.4 is 11.1 Å². The number of aryl methyl sites for hydroxylation is 1. The minimum absolute atomic E-state index is 0.324. The van der Waals surface area contributed by atoms with Crippen LogP contribution in [0.4, 0.5) is 5.69 Å². The third-order valence-corrected chi connectivity index (χ3v) is 3.05. The van der Waals surface area contributed by atoms with Crippen LogP contribution in [0.5, 0.6) is 0 Å². The summed E-state index contributed by atoms with van der Waals surface area (Å²) >= 11 is 0. The van der Waals surface area contributed by atoms with Gasteiger partial charge in [-0.25, -0.2) is 4.79 Å². The van der Waals surface area contributed by atoms with Gasteiger partial charge in [-0.05, 0) is 31.0 Å². The lowest BCUT2D eigenvalue weighted by Crippen LogP contribution is -2.08. The zero-order chi connectivity index (χ0) is 13.7. The third-order valence-electron chi connectivity index (χ3n) is 3.05. The number of hydrogen-bond donors (Lipinski definition) is 1. The van der Waals surface area contributed by atoms with E-state index in [9.17, 15) is 4.79 Å². The highest BCUT2D eigenvalue weighted by Gasteiger charge is 2.05. The molecule has 1 N–H and O–H groups in total. The summed E-state index contributed by atoms with van der Waals surface area (Å²) in [6.45, 7) is 3.06. The summed E-state index contributed by atoms with van der Waals surface area (Å²) in [5, 5.41) is 3.34. The first kappa shape index (κ1) is 13.5. The number of allylic oxidation sites excluding steroid dienone is 1. The van der Waals surface area contributed by atoms with Crippen molar-refractivity contribution in [3.05, 3.63) is 40.9 Å². The van der Waals surface area contributed by atoms with Crippen molar-refractivity contribution < 1.29 is 4.42 Å². The third kappa shape index (κ3) is 3.28. The molecule has 1 heterocycles. The lowest BCUT2D eigenvalue weighted by molar-refractivity contribution is 0.528. The van der Waals surface area contributed by atoms with Crippen LogP contribution in [0, 0.1) is 0 Å². The largest absolute Gasteiger partial charge is 0.419 e. The normalized spacial score (nSPS) is 11.5. The van der Waals surface area contributed by atoms with E-state index >= 15 is 0 Å². The van der Waals surface area contributed by atoms with Gasteiger partial charge in [-0.1, -0.05) is 25.5 Å². The van der Waals surface area contributed by atoms with Gasteiger partial charge in [0.1, 0.15) is 0 Å². The van der Waals surface area contributed by atoms with Gasteiger partial charge in [0.15, 0.2) is 5.58 Å². The zero-order valence-electron chi connectivity index (χ0n) is 11.5. The summed E-state index contributed by atoms with van der Waals surface area (Å²) in [6.07, 6.45) is 7.74. The molecular weight excluding hydrogens is 240 g/mol. The van der Waals surface area contributed by atoms with E-state index in [4.69, 9.17) is 4.42 Å². The highest BCUT2D eigenvalue weighted by molar-refractivity contribution is 5.77. The molecule has 0 saturated heterocycles. The van der Waals surface area contributed by atoms with Gasteiger partial charge in [0.25, 0.3) is 0 Å². The molecule has 102 valence electrons. The quantitative estimate of drug-likeness (QED) is 0.640. The zero-order valence-corrected chi connectivity index (χ0v) is 11.5. The van der Waals surface area contributed by atoms with E-state index in [-0.39, 0.29) is 5.76 Å². The molecule has 2 rings (SSSR count). The van der Waals surface area contributed by atoms with E-state index < -0.39 is 0 Å². The molecule has 1 aromatic heterocycles. The molecule has 0 aliphatic rings. The number of nitrogens with one attached hydrogen (secondary N) is 1. The lowest BCUT2D eigenvalue weighted by atomic mass is 10.2. The van der Waals surface area contributed by atoms with E-state index in [1.54, 1.807) is 7.05 Å². The molecule has 0 aliphatic heterocycles. The van der Waals surface area contributed by atoms with E-state index in [0.29, 0.717) is 5.58 Å². The molecule has 2 aromatic rings. The molecular formula is C15H20N2O2. The Hall–Kier alpha value is -1.97. The highest BCUT2D eigenvalue weighted by Crippen LogP contribution is 2.17. The van der Waals surface area contributed by atoms with Crippen LogP contribution in [0.15, 0.2) is 39.6 Å². The van der Waals surface area contributed by atoms with Crippen molar-refractivity contribution in [2.45, 2.75) is 26.2 Å². The number of nitrogens with zero attached hydrogens (tertiary/aromatic N) is 1. The number of fused-ring (bicyclic) bond motifs is 1. The molecule has 0 spiro atoms. The van der Waals surface area contributed by atoms with Crippen LogP contribution in [0.25, 0.3) is 11.1 Å². The Morgan fingerprint density at radius 3 is 2.89 bits per heavy atom. The fourth-order valence-corrected chi connectivity index (χ4v) is 1.94. The minimum Gasteiger partial charge on any atom is -0.408 e. The fourth-order valence-electron chi connectivity index (χ4n) is 1.94. The predicted octanol–water partition coefficient (Wildman–Crippen LogP) is 3.29. The molecule has 4 heteroatoms. The van der Waals surface area contributed by atoms with Crippen molar-refractivity contribution in [2.75, 3.05) is 11.9 Å². The number of benzene rings is 1. The van der Waals surface area contributed by atoms with E-state index in [1.807, 2.05) is 18.2 Å². The van der Waals surface area contributed by atoms with Crippen LogP contribution in [0.3, 0.4) is 0 Å². The van der Waals surface area contributed by atoms with Gasteiger partial charge in [0.2, 0.25) is 0 Å². The number of unbranched alkanes of at least 4 members (excludes halogenated alkanes) is 1. The Labute approximate surface area is 112 Å². The maximum absolute atomic E-state index is 11.4.